The zero-order valence-corrected chi connectivity index (χ0v) is 9.65. The van der Waals surface area contributed by atoms with Crippen LogP contribution in [0, 0.1) is 11.6 Å². The van der Waals surface area contributed by atoms with Crippen LogP contribution >= 0.6 is 0 Å². The molecule has 2 aromatic rings. The summed E-state index contributed by atoms with van der Waals surface area (Å²) >= 11 is 0. The van der Waals surface area contributed by atoms with Crippen molar-refractivity contribution in [1.82, 2.24) is 4.98 Å². The zero-order chi connectivity index (χ0) is 13.8. The standard InChI is InChI=1S/C12H10F2N4O/c13-7-3-8(14)5-10(4-7)17-12(19)11-6-9(18-15)1-2-16-11/h1-6H,15H2,(H,16,18)(H,17,19). The fourth-order valence-electron chi connectivity index (χ4n) is 1.47. The number of nitrogens with zero attached hydrogens (tertiary/aromatic N) is 1. The highest BCUT2D eigenvalue weighted by atomic mass is 19.1. The van der Waals surface area contributed by atoms with Crippen LogP contribution in [0.2, 0.25) is 0 Å². The van der Waals surface area contributed by atoms with Crippen LogP contribution in [0.15, 0.2) is 36.5 Å². The third-order valence-corrected chi connectivity index (χ3v) is 2.28. The molecule has 0 aliphatic heterocycles. The SMILES string of the molecule is NNc1ccnc(C(=O)Nc2cc(F)cc(F)c2)c1. The van der Waals surface area contributed by atoms with Gasteiger partial charge in [0, 0.05) is 18.0 Å². The van der Waals surface area contributed by atoms with Crippen LogP contribution in [-0.2, 0) is 0 Å². The lowest BCUT2D eigenvalue weighted by atomic mass is 10.2. The van der Waals surface area contributed by atoms with E-state index >= 15 is 0 Å². The van der Waals surface area contributed by atoms with Crippen LogP contribution in [0.3, 0.4) is 0 Å². The maximum Gasteiger partial charge on any atom is 0.274 e. The summed E-state index contributed by atoms with van der Waals surface area (Å²) in [6, 6.07) is 5.70. The summed E-state index contributed by atoms with van der Waals surface area (Å²) in [6.45, 7) is 0. The summed E-state index contributed by atoms with van der Waals surface area (Å²) in [5.74, 6) is 3.05. The predicted molar refractivity (Wildman–Crippen MR) is 66.4 cm³/mol. The molecule has 0 aliphatic rings. The zero-order valence-electron chi connectivity index (χ0n) is 9.65. The minimum atomic E-state index is -0.777. The molecule has 0 fully saturated rings. The average Bonchev–Trinajstić information content (AvgIpc) is 2.37. The van der Waals surface area contributed by atoms with Crippen molar-refractivity contribution in [1.29, 1.82) is 0 Å². The number of nitrogen functional groups attached to an aromatic ring is 1. The van der Waals surface area contributed by atoms with Gasteiger partial charge in [0.25, 0.3) is 5.91 Å². The van der Waals surface area contributed by atoms with E-state index in [-0.39, 0.29) is 11.4 Å². The highest BCUT2D eigenvalue weighted by molar-refractivity contribution is 6.03. The van der Waals surface area contributed by atoms with Gasteiger partial charge < -0.3 is 10.7 Å². The van der Waals surface area contributed by atoms with Crippen molar-refractivity contribution in [2.75, 3.05) is 10.7 Å². The molecule has 7 heteroatoms. The van der Waals surface area contributed by atoms with Crippen molar-refractivity contribution in [2.45, 2.75) is 0 Å². The van der Waals surface area contributed by atoms with Crippen molar-refractivity contribution >= 4 is 17.3 Å². The van der Waals surface area contributed by atoms with E-state index in [1.165, 1.54) is 12.3 Å². The van der Waals surface area contributed by atoms with E-state index in [4.69, 9.17) is 5.84 Å². The summed E-state index contributed by atoms with van der Waals surface area (Å²) < 4.78 is 25.9. The molecule has 0 spiro atoms. The molecule has 1 aromatic heterocycles. The molecule has 0 saturated heterocycles. The molecule has 1 amide bonds. The van der Waals surface area contributed by atoms with Crippen molar-refractivity contribution in [2.24, 2.45) is 5.84 Å². The van der Waals surface area contributed by atoms with E-state index in [0.717, 1.165) is 12.1 Å². The van der Waals surface area contributed by atoms with Gasteiger partial charge in [-0.3, -0.25) is 15.6 Å². The van der Waals surface area contributed by atoms with Crippen molar-refractivity contribution < 1.29 is 13.6 Å². The highest BCUT2D eigenvalue weighted by Crippen LogP contribution is 2.14. The van der Waals surface area contributed by atoms with Gasteiger partial charge in [0.15, 0.2) is 0 Å². The molecule has 0 bridgehead atoms. The Morgan fingerprint density at radius 2 is 1.79 bits per heavy atom. The fraction of sp³-hybridized carbons (Fsp3) is 0. The van der Waals surface area contributed by atoms with Crippen molar-refractivity contribution in [3.63, 3.8) is 0 Å². The number of hydrazine groups is 1. The van der Waals surface area contributed by atoms with Gasteiger partial charge in [0.05, 0.1) is 5.69 Å². The van der Waals surface area contributed by atoms with E-state index in [0.29, 0.717) is 11.8 Å². The van der Waals surface area contributed by atoms with Gasteiger partial charge in [-0.25, -0.2) is 8.78 Å². The van der Waals surface area contributed by atoms with Crippen molar-refractivity contribution in [3.05, 3.63) is 53.9 Å². The molecule has 1 heterocycles. The molecule has 0 unspecified atom stereocenters. The number of nitrogens with two attached hydrogens (primary N) is 1. The van der Waals surface area contributed by atoms with E-state index in [1.807, 2.05) is 0 Å². The number of anilines is 2. The van der Waals surface area contributed by atoms with Gasteiger partial charge >= 0.3 is 0 Å². The Morgan fingerprint density at radius 3 is 2.42 bits per heavy atom. The summed E-state index contributed by atoms with van der Waals surface area (Å²) in [5, 5.41) is 2.34. The van der Waals surface area contributed by atoms with Gasteiger partial charge in [-0.15, -0.1) is 0 Å². The maximum atomic E-state index is 13.0. The molecule has 98 valence electrons. The third kappa shape index (κ3) is 3.23. The molecule has 4 N–H and O–H groups in total. The molecule has 19 heavy (non-hydrogen) atoms. The molecular formula is C12H10F2N4O. The number of rotatable bonds is 3. The number of halogens is 2. The van der Waals surface area contributed by atoms with Crippen LogP contribution in [0.1, 0.15) is 10.5 Å². The largest absolute Gasteiger partial charge is 0.324 e. The minimum absolute atomic E-state index is 0.00964. The molecule has 0 radical (unpaired) electrons. The number of carbonyl (C=O) groups is 1. The van der Waals surface area contributed by atoms with Crippen LogP contribution in [-0.4, -0.2) is 10.9 Å². The second-order valence-corrected chi connectivity index (χ2v) is 3.69. The summed E-state index contributed by atoms with van der Waals surface area (Å²) in [4.78, 5) is 15.7. The van der Waals surface area contributed by atoms with Gasteiger partial charge in [-0.1, -0.05) is 0 Å². The van der Waals surface area contributed by atoms with Crippen molar-refractivity contribution in [3.8, 4) is 0 Å². The van der Waals surface area contributed by atoms with E-state index in [2.05, 4.69) is 15.7 Å². The number of hydrogen-bond donors (Lipinski definition) is 3. The number of aromatic nitrogens is 1. The smallest absolute Gasteiger partial charge is 0.274 e. The van der Waals surface area contributed by atoms with Crippen LogP contribution in [0.4, 0.5) is 20.2 Å². The highest BCUT2D eigenvalue weighted by Gasteiger charge is 2.09. The Labute approximate surface area is 107 Å². The number of benzene rings is 1. The predicted octanol–water partition coefficient (Wildman–Crippen LogP) is 1.90. The quantitative estimate of drug-likeness (QED) is 0.584. The molecule has 0 aliphatic carbocycles. The van der Waals surface area contributed by atoms with E-state index in [1.54, 1.807) is 6.07 Å². The lowest BCUT2D eigenvalue weighted by Crippen LogP contribution is -2.15. The molecule has 5 nitrogen and oxygen atoms in total. The van der Waals surface area contributed by atoms with Crippen LogP contribution in [0.25, 0.3) is 0 Å². The lowest BCUT2D eigenvalue weighted by molar-refractivity contribution is 0.102. The van der Waals surface area contributed by atoms with E-state index < -0.39 is 17.5 Å². The first-order valence-corrected chi connectivity index (χ1v) is 5.28. The Morgan fingerprint density at radius 1 is 1.11 bits per heavy atom. The second kappa shape index (κ2) is 5.40. The Bertz CT molecular complexity index is 598. The normalized spacial score (nSPS) is 10.1. The number of carbonyl (C=O) groups excluding carboxylic acids is 1. The third-order valence-electron chi connectivity index (χ3n) is 2.28. The summed E-state index contributed by atoms with van der Waals surface area (Å²) in [5.41, 5.74) is 2.93. The van der Waals surface area contributed by atoms with E-state index in [9.17, 15) is 13.6 Å². The van der Waals surface area contributed by atoms with Crippen LogP contribution < -0.4 is 16.6 Å². The van der Waals surface area contributed by atoms with Gasteiger partial charge in [0.1, 0.15) is 17.3 Å². The summed E-state index contributed by atoms with van der Waals surface area (Å²) in [6.07, 6.45) is 1.39. The topological polar surface area (TPSA) is 80.0 Å². The lowest BCUT2D eigenvalue weighted by Gasteiger charge is -2.06. The Balaban J connectivity index is 2.20. The van der Waals surface area contributed by atoms with Gasteiger partial charge in [-0.2, -0.15) is 0 Å². The maximum absolute atomic E-state index is 13.0. The molecule has 1 aromatic carbocycles. The monoisotopic (exact) mass is 264 g/mol. The molecule has 2 rings (SSSR count). The number of pyridine rings is 1. The molecule has 0 atom stereocenters. The van der Waals surface area contributed by atoms with Crippen LogP contribution in [0.5, 0.6) is 0 Å². The first kappa shape index (κ1) is 12.9. The second-order valence-electron chi connectivity index (χ2n) is 3.69. The molecular weight excluding hydrogens is 254 g/mol. The Kier molecular flexibility index (Phi) is 3.67. The number of nitrogens with one attached hydrogen (secondary N) is 2. The number of amides is 1. The van der Waals surface area contributed by atoms with Gasteiger partial charge in [-0.05, 0) is 24.3 Å². The minimum Gasteiger partial charge on any atom is -0.324 e. The Hall–Kier alpha value is -2.54. The first-order chi connectivity index (χ1) is 9.08. The van der Waals surface area contributed by atoms with Gasteiger partial charge in [0.2, 0.25) is 0 Å². The molecule has 0 saturated carbocycles. The fourth-order valence-corrected chi connectivity index (χ4v) is 1.47. The number of hydrogen-bond acceptors (Lipinski definition) is 4. The average molecular weight is 264 g/mol. The summed E-state index contributed by atoms with van der Waals surface area (Å²) in [7, 11) is 0. The first-order valence-electron chi connectivity index (χ1n) is 5.28.